The minimum absolute atomic E-state index is 0.365. The fraction of sp³-hybridized carbons (Fsp3) is 0.786. The van der Waals surface area contributed by atoms with Crippen LogP contribution in [0.15, 0.2) is 10.7 Å². The molecule has 1 fully saturated rings. The molecule has 1 aliphatic heterocycles. The molecule has 0 aromatic carbocycles. The van der Waals surface area contributed by atoms with Crippen LogP contribution in [0.4, 0.5) is 0 Å². The van der Waals surface area contributed by atoms with Gasteiger partial charge >= 0.3 is 0 Å². The van der Waals surface area contributed by atoms with Crippen molar-refractivity contribution in [3.05, 3.63) is 16.4 Å². The van der Waals surface area contributed by atoms with Crippen molar-refractivity contribution < 1.29 is 0 Å². The summed E-state index contributed by atoms with van der Waals surface area (Å²) in [7, 11) is 2.04. The molecule has 1 aromatic rings. The van der Waals surface area contributed by atoms with Crippen molar-refractivity contribution in [2.75, 3.05) is 12.3 Å². The van der Waals surface area contributed by atoms with Crippen LogP contribution in [0.1, 0.15) is 38.9 Å². The lowest BCUT2D eigenvalue weighted by Crippen LogP contribution is -2.38. The van der Waals surface area contributed by atoms with E-state index >= 15 is 0 Å². The van der Waals surface area contributed by atoms with Crippen LogP contribution >= 0.6 is 39.5 Å². The Bertz CT molecular complexity index is 419. The molecule has 114 valence electrons. The van der Waals surface area contributed by atoms with E-state index in [1.807, 2.05) is 17.9 Å². The first-order valence-corrected chi connectivity index (χ1v) is 10.0. The van der Waals surface area contributed by atoms with E-state index in [0.29, 0.717) is 16.5 Å². The summed E-state index contributed by atoms with van der Waals surface area (Å²) in [6.07, 6.45) is 3.06. The molecule has 1 aliphatic rings. The van der Waals surface area contributed by atoms with Gasteiger partial charge < -0.3 is 5.32 Å². The van der Waals surface area contributed by atoms with Crippen LogP contribution in [-0.2, 0) is 7.05 Å². The maximum Gasteiger partial charge on any atom is 0.0704 e. The van der Waals surface area contributed by atoms with Gasteiger partial charge in [-0.25, -0.2) is 0 Å². The topological polar surface area (TPSA) is 29.9 Å². The third-order valence-corrected chi connectivity index (χ3v) is 7.90. The maximum absolute atomic E-state index is 4.39. The van der Waals surface area contributed by atoms with Crippen molar-refractivity contribution in [3.63, 3.8) is 0 Å². The van der Waals surface area contributed by atoms with Gasteiger partial charge in [0, 0.05) is 28.6 Å². The average molecular weight is 378 g/mol. The molecule has 0 spiro atoms. The van der Waals surface area contributed by atoms with Gasteiger partial charge in [-0.15, -0.1) is 0 Å². The van der Waals surface area contributed by atoms with Gasteiger partial charge in [-0.2, -0.15) is 28.6 Å². The van der Waals surface area contributed by atoms with Gasteiger partial charge in [0.25, 0.3) is 0 Å². The lowest BCUT2D eigenvalue weighted by Gasteiger charge is -2.36. The largest absolute Gasteiger partial charge is 0.308 e. The average Bonchev–Trinajstić information content (AvgIpc) is 2.75. The third kappa shape index (κ3) is 3.76. The van der Waals surface area contributed by atoms with Crippen molar-refractivity contribution in [2.45, 2.75) is 49.0 Å². The SMILES string of the molecule is CCCNC(c1c(Br)cnn1C)C1CSC(C)C(C)S1. The van der Waals surface area contributed by atoms with Gasteiger partial charge in [-0.05, 0) is 28.9 Å². The predicted octanol–water partition coefficient (Wildman–Crippen LogP) is 3.85. The van der Waals surface area contributed by atoms with E-state index in [2.05, 4.69) is 70.6 Å². The Morgan fingerprint density at radius 2 is 2.25 bits per heavy atom. The summed E-state index contributed by atoms with van der Waals surface area (Å²) in [5.41, 5.74) is 1.28. The van der Waals surface area contributed by atoms with Crippen molar-refractivity contribution in [2.24, 2.45) is 7.05 Å². The van der Waals surface area contributed by atoms with Crippen LogP contribution in [0.25, 0.3) is 0 Å². The molecule has 0 saturated carbocycles. The highest BCUT2D eigenvalue weighted by Gasteiger charge is 2.34. The van der Waals surface area contributed by atoms with Crippen LogP contribution in [0.5, 0.6) is 0 Å². The Morgan fingerprint density at radius 1 is 1.50 bits per heavy atom. The number of rotatable bonds is 5. The summed E-state index contributed by atoms with van der Waals surface area (Å²) in [5, 5.41) is 10.2. The molecule has 6 heteroatoms. The summed E-state index contributed by atoms with van der Waals surface area (Å²) < 4.78 is 3.12. The molecular formula is C14H24BrN3S2. The predicted molar refractivity (Wildman–Crippen MR) is 94.7 cm³/mol. The zero-order chi connectivity index (χ0) is 14.7. The Morgan fingerprint density at radius 3 is 2.80 bits per heavy atom. The summed E-state index contributed by atoms with van der Waals surface area (Å²) in [5.74, 6) is 1.20. The minimum atomic E-state index is 0.365. The highest BCUT2D eigenvalue weighted by molar-refractivity contribution is 9.10. The van der Waals surface area contributed by atoms with Crippen molar-refractivity contribution in [3.8, 4) is 0 Å². The van der Waals surface area contributed by atoms with Crippen LogP contribution in [0.2, 0.25) is 0 Å². The molecule has 1 saturated heterocycles. The number of nitrogens with one attached hydrogen (secondary N) is 1. The van der Waals surface area contributed by atoms with Crippen LogP contribution in [0, 0.1) is 0 Å². The van der Waals surface area contributed by atoms with Gasteiger partial charge in [-0.3, -0.25) is 4.68 Å². The van der Waals surface area contributed by atoms with Crippen LogP contribution in [0.3, 0.4) is 0 Å². The Balaban J connectivity index is 2.19. The molecule has 4 unspecified atom stereocenters. The first-order valence-electron chi connectivity index (χ1n) is 7.22. The summed E-state index contributed by atoms with van der Waals surface area (Å²) in [6.45, 7) is 7.96. The fourth-order valence-corrected chi connectivity index (χ4v) is 6.14. The van der Waals surface area contributed by atoms with E-state index in [9.17, 15) is 0 Å². The summed E-state index contributed by atoms with van der Waals surface area (Å²) in [6, 6.07) is 0.365. The standard InChI is InChI=1S/C14H24BrN3S2/c1-5-6-16-13(14-11(15)7-17-18(14)4)12-8-19-9(2)10(3)20-12/h7,9-10,12-13,16H,5-6,8H2,1-4H3. The van der Waals surface area contributed by atoms with Crippen molar-refractivity contribution in [1.82, 2.24) is 15.1 Å². The highest BCUT2D eigenvalue weighted by Crippen LogP contribution is 2.42. The number of hydrogen-bond acceptors (Lipinski definition) is 4. The van der Waals surface area contributed by atoms with E-state index in [1.165, 1.54) is 11.4 Å². The van der Waals surface area contributed by atoms with Gasteiger partial charge in [0.1, 0.15) is 0 Å². The molecule has 1 aromatic heterocycles. The first kappa shape index (κ1) is 16.7. The number of aromatic nitrogens is 2. The monoisotopic (exact) mass is 377 g/mol. The molecule has 2 heterocycles. The van der Waals surface area contributed by atoms with E-state index in [0.717, 1.165) is 22.7 Å². The smallest absolute Gasteiger partial charge is 0.0704 e. The Kier molecular flexibility index (Phi) is 6.32. The molecule has 0 amide bonds. The molecule has 0 aliphatic carbocycles. The maximum atomic E-state index is 4.39. The van der Waals surface area contributed by atoms with Crippen molar-refractivity contribution >= 4 is 39.5 Å². The fourth-order valence-electron chi connectivity index (χ4n) is 2.46. The number of halogens is 1. The molecule has 1 N–H and O–H groups in total. The highest BCUT2D eigenvalue weighted by atomic mass is 79.9. The van der Waals surface area contributed by atoms with E-state index in [1.54, 1.807) is 0 Å². The van der Waals surface area contributed by atoms with Crippen molar-refractivity contribution in [1.29, 1.82) is 0 Å². The summed E-state index contributed by atoms with van der Waals surface area (Å²) >= 11 is 7.89. The normalized spacial score (nSPS) is 28.6. The second-order valence-corrected chi connectivity index (χ2v) is 9.24. The van der Waals surface area contributed by atoms with Crippen LogP contribution < -0.4 is 5.32 Å². The lowest BCUT2D eigenvalue weighted by molar-refractivity contribution is 0.491. The van der Waals surface area contributed by atoms with Gasteiger partial charge in [-0.1, -0.05) is 20.8 Å². The number of aryl methyl sites for hydroxylation is 1. The zero-order valence-corrected chi connectivity index (χ0v) is 15.8. The summed E-state index contributed by atoms with van der Waals surface area (Å²) in [4.78, 5) is 0. The number of nitrogens with zero attached hydrogens (tertiary/aromatic N) is 2. The molecule has 0 radical (unpaired) electrons. The van der Waals surface area contributed by atoms with Gasteiger partial charge in [0.15, 0.2) is 0 Å². The second-order valence-electron chi connectivity index (χ2n) is 5.35. The molecule has 2 rings (SSSR count). The molecule has 4 atom stereocenters. The number of thioether (sulfide) groups is 2. The van der Waals surface area contributed by atoms with Gasteiger partial charge in [0.05, 0.1) is 22.4 Å². The van der Waals surface area contributed by atoms with E-state index < -0.39 is 0 Å². The molecule has 3 nitrogen and oxygen atoms in total. The molecule has 0 bridgehead atoms. The molecular weight excluding hydrogens is 354 g/mol. The Hall–Kier alpha value is 0.350. The lowest BCUT2D eigenvalue weighted by atomic mass is 10.1. The Labute approximate surface area is 139 Å². The second kappa shape index (κ2) is 7.56. The van der Waals surface area contributed by atoms with E-state index in [4.69, 9.17) is 0 Å². The van der Waals surface area contributed by atoms with E-state index in [-0.39, 0.29) is 0 Å². The van der Waals surface area contributed by atoms with Crippen LogP contribution in [-0.4, -0.2) is 37.8 Å². The minimum Gasteiger partial charge on any atom is -0.308 e. The van der Waals surface area contributed by atoms with Gasteiger partial charge in [0.2, 0.25) is 0 Å². The third-order valence-electron chi connectivity index (χ3n) is 3.79. The zero-order valence-electron chi connectivity index (χ0n) is 12.6. The first-order chi connectivity index (χ1) is 9.54. The quantitative estimate of drug-likeness (QED) is 0.843. The molecule has 20 heavy (non-hydrogen) atoms. The number of hydrogen-bond donors (Lipinski definition) is 1.